The van der Waals surface area contributed by atoms with Crippen LogP contribution in [0.15, 0.2) is 4.99 Å². The second-order valence-corrected chi connectivity index (χ2v) is 1.85. The minimum atomic E-state index is 0.601. The van der Waals surface area contributed by atoms with E-state index in [-0.39, 0.29) is 0 Å². The minimum absolute atomic E-state index is 0.601. The largest absolute Gasteiger partial charge is 0.234 e. The van der Waals surface area contributed by atoms with Gasteiger partial charge in [0.2, 0.25) is 6.08 Å². The Labute approximate surface area is 54.4 Å². The van der Waals surface area contributed by atoms with Crippen molar-refractivity contribution in [3.63, 3.8) is 0 Å². The summed E-state index contributed by atoms with van der Waals surface area (Å²) in [5.74, 6) is 0.869. The molecule has 0 aliphatic heterocycles. The van der Waals surface area contributed by atoms with Crippen molar-refractivity contribution in [2.45, 2.75) is 12.8 Å². The molecule has 0 heterocycles. The van der Waals surface area contributed by atoms with E-state index in [1.54, 1.807) is 0 Å². The lowest BCUT2D eigenvalue weighted by atomic mass is 10.3. The Morgan fingerprint density at radius 3 is 2.75 bits per heavy atom. The van der Waals surface area contributed by atoms with Crippen LogP contribution in [0.4, 0.5) is 0 Å². The molecule has 0 fully saturated rings. The number of aliphatic imine (C=N–C) groups is 1. The van der Waals surface area contributed by atoms with Crippen molar-refractivity contribution in [2.24, 2.45) is 4.99 Å². The molecule has 0 aromatic heterocycles. The Morgan fingerprint density at radius 2 is 2.25 bits per heavy atom. The number of rotatable bonds is 4. The third-order valence-electron chi connectivity index (χ3n) is 0.743. The predicted molar refractivity (Wildman–Crippen MR) is 36.1 cm³/mol. The van der Waals surface area contributed by atoms with Crippen LogP contribution in [0.3, 0.4) is 0 Å². The summed E-state index contributed by atoms with van der Waals surface area (Å²) in [6.45, 7) is 0.601. The Morgan fingerprint density at radius 1 is 1.50 bits per heavy atom. The van der Waals surface area contributed by atoms with E-state index in [2.05, 4.69) is 17.6 Å². The molecule has 0 rings (SSSR count). The van der Waals surface area contributed by atoms with E-state index in [1.807, 2.05) is 0 Å². The maximum Gasteiger partial charge on any atom is 0.234 e. The molecule has 0 spiro atoms. The van der Waals surface area contributed by atoms with Crippen LogP contribution in [0.1, 0.15) is 12.8 Å². The quantitative estimate of drug-likeness (QED) is 0.262. The summed E-state index contributed by atoms with van der Waals surface area (Å²) in [5, 5.41) is 0. The lowest BCUT2D eigenvalue weighted by Crippen LogP contribution is -1.80. The van der Waals surface area contributed by atoms with Crippen LogP contribution in [0.5, 0.6) is 0 Å². The van der Waals surface area contributed by atoms with Gasteiger partial charge in [0, 0.05) is 0 Å². The molecule has 0 bridgehead atoms. The van der Waals surface area contributed by atoms with E-state index in [1.165, 1.54) is 6.08 Å². The van der Waals surface area contributed by atoms with Gasteiger partial charge < -0.3 is 0 Å². The Hall–Kier alpha value is -0.270. The SMILES string of the molecule is O=C=NCCCCS. The van der Waals surface area contributed by atoms with E-state index in [4.69, 9.17) is 0 Å². The van der Waals surface area contributed by atoms with Gasteiger partial charge in [-0.3, -0.25) is 0 Å². The number of isocyanates is 1. The molecule has 2 nitrogen and oxygen atoms in total. The molecule has 0 aliphatic rings. The van der Waals surface area contributed by atoms with Crippen molar-refractivity contribution < 1.29 is 4.79 Å². The first-order valence-corrected chi connectivity index (χ1v) is 3.19. The zero-order valence-electron chi connectivity index (χ0n) is 4.63. The van der Waals surface area contributed by atoms with E-state index in [0.717, 1.165) is 18.6 Å². The molecule has 0 aliphatic carbocycles. The van der Waals surface area contributed by atoms with Gasteiger partial charge in [-0.2, -0.15) is 12.6 Å². The van der Waals surface area contributed by atoms with Gasteiger partial charge in [-0.25, -0.2) is 9.79 Å². The normalized spacial score (nSPS) is 8.12. The third-order valence-corrected chi connectivity index (χ3v) is 1.06. The molecule has 0 unspecified atom stereocenters. The summed E-state index contributed by atoms with van der Waals surface area (Å²) in [6.07, 6.45) is 3.44. The Bertz CT molecular complexity index is 88.4. The second-order valence-electron chi connectivity index (χ2n) is 1.40. The highest BCUT2D eigenvalue weighted by atomic mass is 32.1. The number of carbonyl (C=O) groups excluding carboxylic acids is 1. The van der Waals surface area contributed by atoms with E-state index >= 15 is 0 Å². The Kier molecular flexibility index (Phi) is 6.50. The van der Waals surface area contributed by atoms with Crippen LogP contribution in [0.25, 0.3) is 0 Å². The fourth-order valence-electron chi connectivity index (χ4n) is 0.348. The van der Waals surface area contributed by atoms with E-state index in [0.29, 0.717) is 6.54 Å². The molecule has 0 aromatic carbocycles. The fourth-order valence-corrected chi connectivity index (χ4v) is 0.572. The summed E-state index contributed by atoms with van der Waals surface area (Å²) in [5.41, 5.74) is 0. The van der Waals surface area contributed by atoms with Gasteiger partial charge in [0.25, 0.3) is 0 Å². The smallest absolute Gasteiger partial charge is 0.211 e. The number of thiol groups is 1. The molecule has 0 saturated carbocycles. The Balaban J connectivity index is 2.82. The summed E-state index contributed by atoms with van der Waals surface area (Å²) < 4.78 is 0. The molecule has 3 heteroatoms. The van der Waals surface area contributed by atoms with Crippen molar-refractivity contribution >= 4 is 18.7 Å². The first-order valence-electron chi connectivity index (χ1n) is 2.56. The predicted octanol–water partition coefficient (Wildman–Crippen LogP) is 1.03. The van der Waals surface area contributed by atoms with Crippen LogP contribution in [0.2, 0.25) is 0 Å². The first kappa shape index (κ1) is 7.73. The first-order chi connectivity index (χ1) is 3.91. The summed E-state index contributed by atoms with van der Waals surface area (Å²) in [4.78, 5) is 12.8. The summed E-state index contributed by atoms with van der Waals surface area (Å²) in [6, 6.07) is 0. The molecule has 0 amide bonds. The van der Waals surface area contributed by atoms with Crippen molar-refractivity contribution in [1.82, 2.24) is 0 Å². The monoisotopic (exact) mass is 131 g/mol. The molecular weight excluding hydrogens is 122 g/mol. The fraction of sp³-hybridized carbons (Fsp3) is 0.800. The second kappa shape index (κ2) is 6.73. The molecule has 46 valence electrons. The van der Waals surface area contributed by atoms with Gasteiger partial charge in [0.05, 0.1) is 6.54 Å². The van der Waals surface area contributed by atoms with Crippen LogP contribution in [0, 0.1) is 0 Å². The van der Waals surface area contributed by atoms with Crippen molar-refractivity contribution in [3.8, 4) is 0 Å². The molecule has 8 heavy (non-hydrogen) atoms. The van der Waals surface area contributed by atoms with Crippen LogP contribution in [-0.2, 0) is 4.79 Å². The average Bonchev–Trinajstić information content (AvgIpc) is 1.81. The topological polar surface area (TPSA) is 29.4 Å². The van der Waals surface area contributed by atoms with Crippen LogP contribution in [-0.4, -0.2) is 18.4 Å². The van der Waals surface area contributed by atoms with Gasteiger partial charge in [-0.05, 0) is 18.6 Å². The van der Waals surface area contributed by atoms with Crippen molar-refractivity contribution in [3.05, 3.63) is 0 Å². The number of nitrogens with zero attached hydrogens (tertiary/aromatic N) is 1. The van der Waals surface area contributed by atoms with Crippen LogP contribution >= 0.6 is 12.6 Å². The maximum atomic E-state index is 9.46. The average molecular weight is 131 g/mol. The van der Waals surface area contributed by atoms with E-state index < -0.39 is 0 Å². The van der Waals surface area contributed by atoms with Crippen LogP contribution < -0.4 is 0 Å². The highest BCUT2D eigenvalue weighted by Crippen LogP contribution is 1.89. The number of hydrogen-bond acceptors (Lipinski definition) is 3. The maximum absolute atomic E-state index is 9.46. The molecule has 0 radical (unpaired) electrons. The van der Waals surface area contributed by atoms with Gasteiger partial charge in [0.15, 0.2) is 0 Å². The summed E-state index contributed by atoms with van der Waals surface area (Å²) in [7, 11) is 0. The molecule has 0 atom stereocenters. The lowest BCUT2D eigenvalue weighted by molar-refractivity contribution is 0.562. The highest BCUT2D eigenvalue weighted by molar-refractivity contribution is 7.80. The van der Waals surface area contributed by atoms with Crippen molar-refractivity contribution in [2.75, 3.05) is 12.3 Å². The minimum Gasteiger partial charge on any atom is -0.211 e. The van der Waals surface area contributed by atoms with Gasteiger partial charge >= 0.3 is 0 Å². The standard InChI is InChI=1S/C5H9NOS/c7-5-6-3-1-2-4-8/h8H,1-4H2. The molecule has 0 N–H and O–H groups in total. The van der Waals surface area contributed by atoms with Crippen molar-refractivity contribution in [1.29, 1.82) is 0 Å². The van der Waals surface area contributed by atoms with Gasteiger partial charge in [0.1, 0.15) is 0 Å². The molecule has 0 aromatic rings. The zero-order chi connectivity index (χ0) is 6.24. The molecular formula is C5H9NOS. The number of hydrogen-bond donors (Lipinski definition) is 1. The molecule has 0 saturated heterocycles. The zero-order valence-corrected chi connectivity index (χ0v) is 5.53. The lowest BCUT2D eigenvalue weighted by Gasteiger charge is -1.86. The summed E-state index contributed by atoms with van der Waals surface area (Å²) >= 11 is 3.98. The highest BCUT2D eigenvalue weighted by Gasteiger charge is 1.80. The number of unbranched alkanes of at least 4 members (excludes halogenated alkanes) is 1. The van der Waals surface area contributed by atoms with Gasteiger partial charge in [-0.15, -0.1) is 0 Å². The van der Waals surface area contributed by atoms with Gasteiger partial charge in [-0.1, -0.05) is 0 Å². The van der Waals surface area contributed by atoms with E-state index in [9.17, 15) is 4.79 Å². The third kappa shape index (κ3) is 5.73.